The normalized spacial score (nSPS) is 24.8. The molecule has 0 spiro atoms. The molecule has 33 heavy (non-hydrogen) atoms. The summed E-state index contributed by atoms with van der Waals surface area (Å²) in [6.07, 6.45) is 5.66. The standard InChI is InChI=1S/C23H28FN5O3S/c1-22(13-31-3)12-23(2,29-21(25)33-22)16-8-15(6-7-17(16)24)28-20(30)18-9-27-19(10-26-18)32-11-14-4-5-14/h6-10,14H,4-5,11-13H2,1-3H3,(H2,25,29)(H,28,30)/t22-,23+/m1/s1. The Bertz CT molecular complexity index is 1060. The van der Waals surface area contributed by atoms with Gasteiger partial charge in [0.25, 0.3) is 5.91 Å². The molecule has 1 aliphatic carbocycles. The van der Waals surface area contributed by atoms with Crippen LogP contribution in [0.3, 0.4) is 0 Å². The molecule has 0 radical (unpaired) electrons. The van der Waals surface area contributed by atoms with Crippen molar-refractivity contribution in [1.29, 1.82) is 0 Å². The van der Waals surface area contributed by atoms with E-state index in [0.29, 0.717) is 47.9 Å². The van der Waals surface area contributed by atoms with Crippen LogP contribution in [0.15, 0.2) is 35.6 Å². The molecule has 4 rings (SSSR count). The molecule has 1 aromatic heterocycles. The van der Waals surface area contributed by atoms with E-state index in [1.54, 1.807) is 13.2 Å². The molecule has 10 heteroatoms. The summed E-state index contributed by atoms with van der Waals surface area (Å²) >= 11 is 1.42. The number of halogens is 1. The highest BCUT2D eigenvalue weighted by atomic mass is 32.2. The Morgan fingerprint density at radius 2 is 2.09 bits per heavy atom. The Balaban J connectivity index is 1.51. The molecule has 0 bridgehead atoms. The Hall–Kier alpha value is -2.72. The van der Waals surface area contributed by atoms with Gasteiger partial charge in [0.2, 0.25) is 5.88 Å². The van der Waals surface area contributed by atoms with Crippen LogP contribution < -0.4 is 15.8 Å². The van der Waals surface area contributed by atoms with Crippen molar-refractivity contribution in [2.24, 2.45) is 16.6 Å². The van der Waals surface area contributed by atoms with Crippen LogP contribution >= 0.6 is 11.8 Å². The number of amides is 1. The van der Waals surface area contributed by atoms with Crippen molar-refractivity contribution >= 4 is 28.5 Å². The minimum Gasteiger partial charge on any atom is -0.476 e. The number of nitrogens with one attached hydrogen (secondary N) is 1. The monoisotopic (exact) mass is 473 g/mol. The van der Waals surface area contributed by atoms with Crippen molar-refractivity contribution in [3.63, 3.8) is 0 Å². The van der Waals surface area contributed by atoms with E-state index < -0.39 is 17.3 Å². The number of hydrogen-bond donors (Lipinski definition) is 2. The van der Waals surface area contributed by atoms with Crippen molar-refractivity contribution in [3.8, 4) is 5.88 Å². The fourth-order valence-electron chi connectivity index (χ4n) is 4.07. The lowest BCUT2D eigenvalue weighted by Crippen LogP contribution is -2.43. The summed E-state index contributed by atoms with van der Waals surface area (Å²) in [6, 6.07) is 4.41. The molecular weight excluding hydrogens is 445 g/mol. The van der Waals surface area contributed by atoms with Gasteiger partial charge >= 0.3 is 0 Å². The molecule has 176 valence electrons. The molecular formula is C23H28FN5O3S. The van der Waals surface area contributed by atoms with E-state index in [4.69, 9.17) is 15.2 Å². The number of nitrogens with two attached hydrogens (primary N) is 1. The Labute approximate surface area is 196 Å². The number of nitrogens with zero attached hydrogens (tertiary/aromatic N) is 3. The molecule has 2 aliphatic rings. The zero-order valence-electron chi connectivity index (χ0n) is 18.9. The summed E-state index contributed by atoms with van der Waals surface area (Å²) in [5, 5.41) is 3.13. The fourth-order valence-corrected chi connectivity index (χ4v) is 5.35. The summed E-state index contributed by atoms with van der Waals surface area (Å²) < 4.78 is 25.4. The summed E-state index contributed by atoms with van der Waals surface area (Å²) in [5.41, 5.74) is 6.09. The van der Waals surface area contributed by atoms with Crippen molar-refractivity contribution < 1.29 is 18.7 Å². The summed E-state index contributed by atoms with van der Waals surface area (Å²) in [4.78, 5) is 25.5. The third kappa shape index (κ3) is 5.62. The van der Waals surface area contributed by atoms with Crippen LogP contribution in [0, 0.1) is 11.7 Å². The van der Waals surface area contributed by atoms with Crippen LogP contribution in [-0.2, 0) is 10.3 Å². The number of hydrogen-bond acceptors (Lipinski definition) is 8. The molecule has 1 aromatic carbocycles. The molecule has 1 fully saturated rings. The van der Waals surface area contributed by atoms with Gasteiger partial charge in [-0.25, -0.2) is 14.4 Å². The number of thioether (sulfide) groups is 1. The van der Waals surface area contributed by atoms with E-state index in [0.717, 1.165) is 0 Å². The Kier molecular flexibility index (Phi) is 6.58. The molecule has 1 saturated carbocycles. The molecule has 1 amide bonds. The molecule has 0 unspecified atom stereocenters. The number of amidine groups is 1. The topological polar surface area (TPSA) is 112 Å². The highest BCUT2D eigenvalue weighted by molar-refractivity contribution is 8.15. The number of aliphatic imine (C=N–C) groups is 1. The van der Waals surface area contributed by atoms with Crippen LogP contribution in [0.1, 0.15) is 49.2 Å². The Morgan fingerprint density at radius 1 is 1.30 bits per heavy atom. The average Bonchev–Trinajstić information content (AvgIpc) is 3.57. The molecule has 8 nitrogen and oxygen atoms in total. The van der Waals surface area contributed by atoms with Crippen molar-refractivity contribution in [1.82, 2.24) is 9.97 Å². The number of methoxy groups -OCH3 is 1. The molecule has 2 aromatic rings. The number of benzene rings is 1. The zero-order chi connectivity index (χ0) is 23.6. The minimum atomic E-state index is -0.909. The van der Waals surface area contributed by atoms with E-state index in [1.165, 1.54) is 49.1 Å². The minimum absolute atomic E-state index is 0.134. The lowest BCUT2D eigenvalue weighted by atomic mass is 9.83. The van der Waals surface area contributed by atoms with Crippen molar-refractivity contribution in [2.75, 3.05) is 25.6 Å². The lowest BCUT2D eigenvalue weighted by molar-refractivity contribution is 0.102. The van der Waals surface area contributed by atoms with Gasteiger partial charge in [-0.05, 0) is 57.2 Å². The number of ether oxygens (including phenoxy) is 2. The van der Waals surface area contributed by atoms with Gasteiger partial charge in [0, 0.05) is 23.1 Å². The predicted molar refractivity (Wildman–Crippen MR) is 126 cm³/mol. The first-order valence-corrected chi connectivity index (χ1v) is 11.6. The highest BCUT2D eigenvalue weighted by Crippen LogP contribution is 2.46. The third-order valence-electron chi connectivity index (χ3n) is 5.70. The maximum atomic E-state index is 14.9. The van der Waals surface area contributed by atoms with Gasteiger partial charge in [-0.3, -0.25) is 9.79 Å². The van der Waals surface area contributed by atoms with Gasteiger partial charge in [-0.1, -0.05) is 11.8 Å². The molecule has 3 N–H and O–H groups in total. The fraction of sp³-hybridized carbons (Fsp3) is 0.478. The number of rotatable bonds is 8. The third-order valence-corrected chi connectivity index (χ3v) is 6.76. The number of carbonyl (C=O) groups excluding carboxylic acids is 1. The highest BCUT2D eigenvalue weighted by Gasteiger charge is 2.43. The second kappa shape index (κ2) is 9.26. The molecule has 2 heterocycles. The van der Waals surface area contributed by atoms with Gasteiger partial charge in [0.15, 0.2) is 5.17 Å². The molecule has 0 saturated heterocycles. The maximum Gasteiger partial charge on any atom is 0.275 e. The van der Waals surface area contributed by atoms with Gasteiger partial charge < -0.3 is 20.5 Å². The first-order valence-electron chi connectivity index (χ1n) is 10.8. The second-order valence-electron chi connectivity index (χ2n) is 9.03. The van der Waals surface area contributed by atoms with E-state index >= 15 is 0 Å². The number of anilines is 1. The van der Waals surface area contributed by atoms with Crippen LogP contribution in [0.5, 0.6) is 5.88 Å². The van der Waals surface area contributed by atoms with Gasteiger partial charge in [-0.2, -0.15) is 0 Å². The lowest BCUT2D eigenvalue weighted by Gasteiger charge is -2.41. The number of aromatic nitrogens is 2. The van der Waals surface area contributed by atoms with E-state index in [1.807, 2.05) is 13.8 Å². The average molecular weight is 474 g/mol. The smallest absolute Gasteiger partial charge is 0.275 e. The van der Waals surface area contributed by atoms with Crippen LogP contribution in [0.4, 0.5) is 10.1 Å². The van der Waals surface area contributed by atoms with Gasteiger partial charge in [0.05, 0.1) is 31.1 Å². The summed E-state index contributed by atoms with van der Waals surface area (Å²) in [6.45, 7) is 4.91. The van der Waals surface area contributed by atoms with Gasteiger partial charge in [0.1, 0.15) is 11.5 Å². The molecule has 1 aliphatic heterocycles. The van der Waals surface area contributed by atoms with E-state index in [9.17, 15) is 9.18 Å². The van der Waals surface area contributed by atoms with Crippen molar-refractivity contribution in [3.05, 3.63) is 47.7 Å². The SMILES string of the molecule is COC[C@@]1(C)C[C@@](C)(c2cc(NC(=O)c3cnc(OCC4CC4)cn3)ccc2F)N=C(N)S1. The molecule has 2 atom stereocenters. The summed E-state index contributed by atoms with van der Waals surface area (Å²) in [7, 11) is 1.62. The zero-order valence-corrected chi connectivity index (χ0v) is 19.7. The largest absolute Gasteiger partial charge is 0.476 e. The van der Waals surface area contributed by atoms with E-state index in [2.05, 4.69) is 20.3 Å². The second-order valence-corrected chi connectivity index (χ2v) is 10.6. The Morgan fingerprint density at radius 3 is 2.76 bits per heavy atom. The van der Waals surface area contributed by atoms with Gasteiger partial charge in [-0.15, -0.1) is 0 Å². The first kappa shape index (κ1) is 23.4. The van der Waals surface area contributed by atoms with E-state index in [-0.39, 0.29) is 10.4 Å². The number of carbonyl (C=O) groups is 1. The summed E-state index contributed by atoms with van der Waals surface area (Å²) in [5.74, 6) is 0.111. The first-order chi connectivity index (χ1) is 15.7. The van der Waals surface area contributed by atoms with Crippen LogP contribution in [0.25, 0.3) is 0 Å². The maximum absolute atomic E-state index is 14.9. The van der Waals surface area contributed by atoms with Crippen molar-refractivity contribution in [2.45, 2.75) is 43.4 Å². The quantitative estimate of drug-likeness (QED) is 0.601. The van der Waals surface area contributed by atoms with Crippen LogP contribution in [0.2, 0.25) is 0 Å². The predicted octanol–water partition coefficient (Wildman–Crippen LogP) is 3.73. The van der Waals surface area contributed by atoms with Crippen LogP contribution in [-0.4, -0.2) is 46.1 Å².